The van der Waals surface area contributed by atoms with Gasteiger partial charge in [0.05, 0.1) is 0 Å². The monoisotopic (exact) mass is 484 g/mol. The molecule has 176 valence electrons. The lowest BCUT2D eigenvalue weighted by molar-refractivity contribution is 0.592. The van der Waals surface area contributed by atoms with E-state index in [1.54, 1.807) is 0 Å². The minimum absolute atomic E-state index is 0.794. The first kappa shape index (κ1) is 22.8. The van der Waals surface area contributed by atoms with Gasteiger partial charge >= 0.3 is 0 Å². The fourth-order valence-corrected chi connectivity index (χ4v) is 9.15. The summed E-state index contributed by atoms with van der Waals surface area (Å²) in [5.41, 5.74) is 10.9. The standard InChI is InChI=1S/C34H29OP/c1-23-20-24(2)33(25(3)21-23)31-19-18-30-29-17-11-10-12-26(29)22-32(30)34(31)36(35,27-13-6-4-7-14-27)28-15-8-5-9-16-28/h4-21H,22H2,1-3H3. The molecule has 2 heteroatoms. The predicted molar refractivity (Wildman–Crippen MR) is 154 cm³/mol. The van der Waals surface area contributed by atoms with Crippen molar-refractivity contribution in [2.75, 3.05) is 0 Å². The van der Waals surface area contributed by atoms with Gasteiger partial charge in [0.25, 0.3) is 0 Å². The van der Waals surface area contributed by atoms with Gasteiger partial charge in [-0.2, -0.15) is 0 Å². The molecule has 0 saturated heterocycles. The largest absolute Gasteiger partial charge is 0.309 e. The third-order valence-electron chi connectivity index (χ3n) is 7.46. The second kappa shape index (κ2) is 8.77. The Balaban J connectivity index is 1.77. The molecule has 0 bridgehead atoms. The first-order valence-corrected chi connectivity index (χ1v) is 14.2. The Labute approximate surface area is 213 Å². The van der Waals surface area contributed by atoms with Gasteiger partial charge in [0.15, 0.2) is 7.14 Å². The smallest absolute Gasteiger partial charge is 0.171 e. The van der Waals surface area contributed by atoms with Gasteiger partial charge in [0.1, 0.15) is 0 Å². The maximum atomic E-state index is 15.8. The number of fused-ring (bicyclic) bond motifs is 3. The predicted octanol–water partition coefficient (Wildman–Crippen LogP) is 7.49. The van der Waals surface area contributed by atoms with Crippen LogP contribution in [0.4, 0.5) is 0 Å². The van der Waals surface area contributed by atoms with E-state index in [1.807, 2.05) is 60.7 Å². The van der Waals surface area contributed by atoms with Gasteiger partial charge in [-0.05, 0) is 71.7 Å². The van der Waals surface area contributed by atoms with E-state index in [9.17, 15) is 0 Å². The van der Waals surface area contributed by atoms with Crippen LogP contribution in [-0.2, 0) is 11.0 Å². The van der Waals surface area contributed by atoms with Crippen molar-refractivity contribution < 1.29 is 4.57 Å². The average Bonchev–Trinajstić information content (AvgIpc) is 3.27. The summed E-state index contributed by atoms with van der Waals surface area (Å²) in [5.74, 6) is 0. The molecule has 0 amide bonds. The maximum Gasteiger partial charge on any atom is 0.171 e. The van der Waals surface area contributed by atoms with Crippen LogP contribution in [0.2, 0.25) is 0 Å². The van der Waals surface area contributed by atoms with Crippen LogP contribution in [0, 0.1) is 20.8 Å². The molecule has 1 nitrogen and oxygen atoms in total. The molecule has 0 unspecified atom stereocenters. The molecule has 0 saturated carbocycles. The first-order chi connectivity index (χ1) is 17.5. The van der Waals surface area contributed by atoms with Crippen LogP contribution >= 0.6 is 7.14 Å². The Morgan fingerprint density at radius 1 is 0.583 bits per heavy atom. The molecule has 0 atom stereocenters. The van der Waals surface area contributed by atoms with Gasteiger partial charge in [0.2, 0.25) is 0 Å². The molecule has 1 aliphatic rings. The average molecular weight is 485 g/mol. The molecule has 0 fully saturated rings. The van der Waals surface area contributed by atoms with Crippen LogP contribution in [0.25, 0.3) is 22.3 Å². The molecule has 0 heterocycles. The van der Waals surface area contributed by atoms with Crippen LogP contribution in [0.15, 0.2) is 109 Å². The number of hydrogen-bond acceptors (Lipinski definition) is 1. The second-order valence-electron chi connectivity index (χ2n) is 9.88. The third kappa shape index (κ3) is 3.50. The van der Waals surface area contributed by atoms with Gasteiger partial charge in [0, 0.05) is 15.9 Å². The fourth-order valence-electron chi connectivity index (χ4n) is 6.04. The summed E-state index contributed by atoms with van der Waals surface area (Å²) in [4.78, 5) is 0. The molecule has 6 rings (SSSR count). The summed E-state index contributed by atoms with van der Waals surface area (Å²) < 4.78 is 15.8. The van der Waals surface area contributed by atoms with Crippen molar-refractivity contribution in [3.8, 4) is 22.3 Å². The summed E-state index contributed by atoms with van der Waals surface area (Å²) in [6.45, 7) is 6.50. The zero-order valence-corrected chi connectivity index (χ0v) is 21.8. The second-order valence-corrected chi connectivity index (χ2v) is 12.6. The summed E-state index contributed by atoms with van der Waals surface area (Å²) in [6.07, 6.45) is 0.794. The van der Waals surface area contributed by atoms with Gasteiger partial charge in [-0.15, -0.1) is 0 Å². The molecule has 0 aromatic heterocycles. The highest BCUT2D eigenvalue weighted by Crippen LogP contribution is 2.51. The highest BCUT2D eigenvalue weighted by atomic mass is 31.2. The van der Waals surface area contributed by atoms with Crippen molar-refractivity contribution in [2.45, 2.75) is 27.2 Å². The van der Waals surface area contributed by atoms with E-state index in [0.29, 0.717) is 0 Å². The topological polar surface area (TPSA) is 17.1 Å². The molecule has 5 aromatic rings. The van der Waals surface area contributed by atoms with Gasteiger partial charge in [-0.3, -0.25) is 0 Å². The molecular weight excluding hydrogens is 455 g/mol. The van der Waals surface area contributed by atoms with Gasteiger partial charge in [-0.1, -0.05) is 115 Å². The van der Waals surface area contributed by atoms with E-state index in [2.05, 4.69) is 69.3 Å². The lowest BCUT2D eigenvalue weighted by atomic mass is 9.91. The summed E-state index contributed by atoms with van der Waals surface area (Å²) in [5, 5.41) is 2.75. The highest BCUT2D eigenvalue weighted by Gasteiger charge is 2.37. The lowest BCUT2D eigenvalue weighted by Gasteiger charge is -2.27. The SMILES string of the molecule is Cc1cc(C)c(-c2ccc3c(c2P(=O)(c2ccccc2)c2ccccc2)Cc2ccccc2-3)c(C)c1. The minimum Gasteiger partial charge on any atom is -0.309 e. The zero-order chi connectivity index (χ0) is 24.9. The maximum absolute atomic E-state index is 15.8. The van der Waals surface area contributed by atoms with E-state index >= 15 is 4.57 Å². The van der Waals surface area contributed by atoms with E-state index < -0.39 is 7.14 Å². The van der Waals surface area contributed by atoms with Gasteiger partial charge in [-0.25, -0.2) is 0 Å². The van der Waals surface area contributed by atoms with E-state index in [4.69, 9.17) is 0 Å². The molecular formula is C34H29OP. The normalized spacial score (nSPS) is 12.3. The van der Waals surface area contributed by atoms with Crippen molar-refractivity contribution in [2.24, 2.45) is 0 Å². The number of rotatable bonds is 4. The molecule has 0 spiro atoms. The Hall–Kier alpha value is -3.67. The van der Waals surface area contributed by atoms with Crippen LogP contribution in [0.5, 0.6) is 0 Å². The minimum atomic E-state index is -3.20. The Kier molecular flexibility index (Phi) is 5.55. The van der Waals surface area contributed by atoms with E-state index in [1.165, 1.54) is 44.5 Å². The number of hydrogen-bond donors (Lipinski definition) is 0. The molecule has 0 aliphatic heterocycles. The molecule has 1 aliphatic carbocycles. The fraction of sp³-hybridized carbons (Fsp3) is 0.118. The van der Waals surface area contributed by atoms with Crippen LogP contribution in [0.1, 0.15) is 27.8 Å². The summed E-state index contributed by atoms with van der Waals surface area (Å²) in [7, 11) is -3.20. The van der Waals surface area contributed by atoms with Crippen molar-refractivity contribution in [1.29, 1.82) is 0 Å². The molecule has 0 radical (unpaired) electrons. The molecule has 0 N–H and O–H groups in total. The highest BCUT2D eigenvalue weighted by molar-refractivity contribution is 7.85. The first-order valence-electron chi connectivity index (χ1n) is 12.5. The van der Waals surface area contributed by atoms with E-state index in [0.717, 1.165) is 27.9 Å². The molecule has 36 heavy (non-hydrogen) atoms. The Morgan fingerprint density at radius 2 is 1.11 bits per heavy atom. The Bertz CT molecular complexity index is 1580. The summed E-state index contributed by atoms with van der Waals surface area (Å²) >= 11 is 0. The van der Waals surface area contributed by atoms with Crippen LogP contribution in [-0.4, -0.2) is 0 Å². The Morgan fingerprint density at radius 3 is 1.72 bits per heavy atom. The molecule has 5 aromatic carbocycles. The zero-order valence-electron chi connectivity index (χ0n) is 21.0. The van der Waals surface area contributed by atoms with Gasteiger partial charge < -0.3 is 4.57 Å². The third-order valence-corrected chi connectivity index (χ3v) is 10.6. The van der Waals surface area contributed by atoms with Crippen molar-refractivity contribution in [3.63, 3.8) is 0 Å². The van der Waals surface area contributed by atoms with Crippen molar-refractivity contribution >= 4 is 23.1 Å². The lowest BCUT2D eigenvalue weighted by Crippen LogP contribution is -2.29. The van der Waals surface area contributed by atoms with E-state index in [-0.39, 0.29) is 0 Å². The quantitative estimate of drug-likeness (QED) is 0.237. The number of benzene rings is 5. The van der Waals surface area contributed by atoms with Crippen LogP contribution < -0.4 is 15.9 Å². The van der Waals surface area contributed by atoms with Crippen molar-refractivity contribution in [3.05, 3.63) is 137 Å². The number of aryl methyl sites for hydroxylation is 3. The van der Waals surface area contributed by atoms with Crippen LogP contribution in [0.3, 0.4) is 0 Å². The van der Waals surface area contributed by atoms with Crippen molar-refractivity contribution in [1.82, 2.24) is 0 Å². The summed E-state index contributed by atoms with van der Waals surface area (Å²) in [6, 6.07) is 37.7.